The first-order valence-corrected chi connectivity index (χ1v) is 3.99. The Bertz CT molecular complexity index is 316. The minimum atomic E-state index is -0.362. The van der Waals surface area contributed by atoms with Gasteiger partial charge in [-0.3, -0.25) is 9.59 Å². The molecule has 1 aromatic rings. The van der Waals surface area contributed by atoms with Gasteiger partial charge in [0.25, 0.3) is 0 Å². The predicted molar refractivity (Wildman–Crippen MR) is 49.4 cm³/mol. The first kappa shape index (κ1) is 9.45. The summed E-state index contributed by atoms with van der Waals surface area (Å²) in [5.41, 5.74) is 6.56. The molecule has 0 fully saturated rings. The van der Waals surface area contributed by atoms with E-state index >= 15 is 0 Å². The van der Waals surface area contributed by atoms with Gasteiger partial charge >= 0.3 is 0 Å². The van der Waals surface area contributed by atoms with Crippen molar-refractivity contribution in [3.63, 3.8) is 0 Å². The summed E-state index contributed by atoms with van der Waals surface area (Å²) < 4.78 is 0. The highest BCUT2D eigenvalue weighted by Gasteiger charge is 2.10. The lowest BCUT2D eigenvalue weighted by Gasteiger charge is -2.06. The van der Waals surface area contributed by atoms with Crippen molar-refractivity contribution < 1.29 is 9.59 Å². The van der Waals surface area contributed by atoms with Crippen LogP contribution in [0, 0.1) is 0 Å². The molecule has 1 atom stereocenters. The summed E-state index contributed by atoms with van der Waals surface area (Å²) in [6, 6.07) is 6.81. The maximum absolute atomic E-state index is 10.8. The van der Waals surface area contributed by atoms with Gasteiger partial charge in [-0.15, -0.1) is 0 Å². The zero-order chi connectivity index (χ0) is 9.84. The standard InChI is InChI=1S/C10H11NO2/c1-7(10(11)13)9-4-2-8(6-12)3-5-9/h2-7H,1H3,(H2,11,13). The third kappa shape index (κ3) is 2.15. The highest BCUT2D eigenvalue weighted by molar-refractivity contribution is 5.82. The molecule has 0 aliphatic rings. The molecule has 0 aliphatic heterocycles. The maximum atomic E-state index is 10.8. The Balaban J connectivity index is 2.91. The number of primary amides is 1. The summed E-state index contributed by atoms with van der Waals surface area (Å²) in [5, 5.41) is 0. The second-order valence-corrected chi connectivity index (χ2v) is 2.91. The van der Waals surface area contributed by atoms with Crippen molar-refractivity contribution in [2.45, 2.75) is 12.8 Å². The molecule has 1 rings (SSSR count). The van der Waals surface area contributed by atoms with Gasteiger partial charge in [0.2, 0.25) is 5.91 Å². The second-order valence-electron chi connectivity index (χ2n) is 2.91. The van der Waals surface area contributed by atoms with Crippen molar-refractivity contribution in [2.75, 3.05) is 0 Å². The number of benzene rings is 1. The molecular weight excluding hydrogens is 166 g/mol. The lowest BCUT2D eigenvalue weighted by Crippen LogP contribution is -2.18. The van der Waals surface area contributed by atoms with E-state index in [9.17, 15) is 9.59 Å². The van der Waals surface area contributed by atoms with Crippen LogP contribution in [0.2, 0.25) is 0 Å². The second kappa shape index (κ2) is 3.85. The molecule has 13 heavy (non-hydrogen) atoms. The quantitative estimate of drug-likeness (QED) is 0.702. The summed E-state index contributed by atoms with van der Waals surface area (Å²) in [6.45, 7) is 1.73. The molecule has 0 bridgehead atoms. The Morgan fingerprint density at radius 3 is 2.31 bits per heavy atom. The number of rotatable bonds is 3. The van der Waals surface area contributed by atoms with Crippen LogP contribution in [0.15, 0.2) is 24.3 Å². The first-order valence-electron chi connectivity index (χ1n) is 3.99. The first-order chi connectivity index (χ1) is 6.15. The van der Waals surface area contributed by atoms with Crippen molar-refractivity contribution in [1.82, 2.24) is 0 Å². The number of nitrogens with two attached hydrogens (primary N) is 1. The maximum Gasteiger partial charge on any atom is 0.224 e. The summed E-state index contributed by atoms with van der Waals surface area (Å²) >= 11 is 0. The van der Waals surface area contributed by atoms with Crippen molar-refractivity contribution in [2.24, 2.45) is 5.73 Å². The normalized spacial score (nSPS) is 12.1. The average Bonchev–Trinajstić information content (AvgIpc) is 2.17. The fourth-order valence-corrected chi connectivity index (χ4v) is 1.03. The van der Waals surface area contributed by atoms with Crippen LogP contribution < -0.4 is 5.73 Å². The van der Waals surface area contributed by atoms with Crippen molar-refractivity contribution in [3.05, 3.63) is 35.4 Å². The summed E-state index contributed by atoms with van der Waals surface area (Å²) in [7, 11) is 0. The van der Waals surface area contributed by atoms with Gasteiger partial charge < -0.3 is 5.73 Å². The van der Waals surface area contributed by atoms with Gasteiger partial charge in [-0.2, -0.15) is 0 Å². The molecule has 0 saturated heterocycles. The van der Waals surface area contributed by atoms with Crippen LogP contribution in [0.25, 0.3) is 0 Å². The van der Waals surface area contributed by atoms with Crippen molar-refractivity contribution in [1.29, 1.82) is 0 Å². The SMILES string of the molecule is CC(C(N)=O)c1ccc(C=O)cc1. The van der Waals surface area contributed by atoms with E-state index in [0.717, 1.165) is 11.8 Å². The summed E-state index contributed by atoms with van der Waals surface area (Å²) in [5.74, 6) is -0.667. The van der Waals surface area contributed by atoms with Crippen LogP contribution in [0.4, 0.5) is 0 Å². The Kier molecular flexibility index (Phi) is 2.80. The van der Waals surface area contributed by atoms with Crippen LogP contribution in [-0.4, -0.2) is 12.2 Å². The molecule has 0 aliphatic carbocycles. The molecule has 0 radical (unpaired) electrons. The van der Waals surface area contributed by atoms with E-state index in [4.69, 9.17) is 5.73 Å². The van der Waals surface area contributed by atoms with E-state index in [2.05, 4.69) is 0 Å². The van der Waals surface area contributed by atoms with E-state index in [0.29, 0.717) is 5.56 Å². The van der Waals surface area contributed by atoms with Gasteiger partial charge in [-0.05, 0) is 12.5 Å². The molecule has 0 saturated carbocycles. The lowest BCUT2D eigenvalue weighted by atomic mass is 10.00. The van der Waals surface area contributed by atoms with Crippen LogP contribution in [0.1, 0.15) is 28.8 Å². The lowest BCUT2D eigenvalue weighted by molar-refractivity contribution is -0.119. The van der Waals surface area contributed by atoms with Crippen LogP contribution in [-0.2, 0) is 4.79 Å². The van der Waals surface area contributed by atoms with Crippen molar-refractivity contribution >= 4 is 12.2 Å². The Hall–Kier alpha value is -1.64. The Morgan fingerprint density at radius 2 is 1.92 bits per heavy atom. The summed E-state index contributed by atoms with van der Waals surface area (Å²) in [6.07, 6.45) is 0.763. The van der Waals surface area contributed by atoms with Crippen LogP contribution >= 0.6 is 0 Å². The van der Waals surface area contributed by atoms with E-state index in [-0.39, 0.29) is 11.8 Å². The molecule has 0 spiro atoms. The fraction of sp³-hybridized carbons (Fsp3) is 0.200. The van der Waals surface area contributed by atoms with Crippen LogP contribution in [0.3, 0.4) is 0 Å². The molecule has 1 aromatic carbocycles. The van der Waals surface area contributed by atoms with Gasteiger partial charge in [-0.25, -0.2) is 0 Å². The fourth-order valence-electron chi connectivity index (χ4n) is 1.03. The van der Waals surface area contributed by atoms with Crippen LogP contribution in [0.5, 0.6) is 0 Å². The molecule has 3 heteroatoms. The average molecular weight is 177 g/mol. The molecule has 1 amide bonds. The van der Waals surface area contributed by atoms with Gasteiger partial charge in [0.05, 0.1) is 5.92 Å². The van der Waals surface area contributed by atoms with Gasteiger partial charge in [-0.1, -0.05) is 24.3 Å². The molecular formula is C10H11NO2. The number of hydrogen-bond acceptors (Lipinski definition) is 2. The topological polar surface area (TPSA) is 60.2 Å². The van der Waals surface area contributed by atoms with Gasteiger partial charge in [0.15, 0.2) is 0 Å². The Morgan fingerprint density at radius 1 is 1.38 bits per heavy atom. The van der Waals surface area contributed by atoms with Gasteiger partial charge in [0.1, 0.15) is 6.29 Å². The Labute approximate surface area is 76.6 Å². The monoisotopic (exact) mass is 177 g/mol. The predicted octanol–water partition coefficient (Wildman–Crippen LogP) is 1.09. The minimum Gasteiger partial charge on any atom is -0.369 e. The minimum absolute atomic E-state index is 0.305. The third-order valence-corrected chi connectivity index (χ3v) is 2.00. The van der Waals surface area contributed by atoms with Crippen molar-refractivity contribution in [3.8, 4) is 0 Å². The zero-order valence-corrected chi connectivity index (χ0v) is 7.36. The number of aldehydes is 1. The number of carbonyl (C=O) groups is 2. The number of carbonyl (C=O) groups excluding carboxylic acids is 2. The molecule has 68 valence electrons. The molecule has 0 aromatic heterocycles. The highest BCUT2D eigenvalue weighted by Crippen LogP contribution is 2.14. The van der Waals surface area contributed by atoms with E-state index < -0.39 is 0 Å². The van der Waals surface area contributed by atoms with E-state index in [1.165, 1.54) is 0 Å². The largest absolute Gasteiger partial charge is 0.369 e. The third-order valence-electron chi connectivity index (χ3n) is 2.00. The molecule has 1 unspecified atom stereocenters. The van der Waals surface area contributed by atoms with Gasteiger partial charge in [0, 0.05) is 5.56 Å². The van der Waals surface area contributed by atoms with E-state index in [1.54, 1.807) is 31.2 Å². The number of hydrogen-bond donors (Lipinski definition) is 1. The molecule has 3 nitrogen and oxygen atoms in total. The highest BCUT2D eigenvalue weighted by atomic mass is 16.1. The smallest absolute Gasteiger partial charge is 0.224 e. The number of amides is 1. The molecule has 0 heterocycles. The molecule has 2 N–H and O–H groups in total. The van der Waals surface area contributed by atoms with E-state index in [1.807, 2.05) is 0 Å². The summed E-state index contributed by atoms with van der Waals surface area (Å²) in [4.78, 5) is 21.1. The zero-order valence-electron chi connectivity index (χ0n) is 7.36.